The predicted octanol–water partition coefficient (Wildman–Crippen LogP) is 1.20. The van der Waals surface area contributed by atoms with E-state index in [-0.39, 0.29) is 12.4 Å². The van der Waals surface area contributed by atoms with Gasteiger partial charge in [-0.3, -0.25) is 4.79 Å². The second kappa shape index (κ2) is 42.7. The van der Waals surface area contributed by atoms with E-state index in [4.69, 9.17) is 61.6 Å². The monoisotopic (exact) mass is 786 g/mol. The molecule has 15 nitrogen and oxygen atoms in total. The van der Waals surface area contributed by atoms with Crippen LogP contribution in [0.3, 0.4) is 0 Å². The summed E-state index contributed by atoms with van der Waals surface area (Å²) >= 11 is 2.27. The Kier molecular flexibility index (Phi) is 42.4. The Morgan fingerprint density at radius 2 is 0.500 bits per heavy atom. The van der Waals surface area contributed by atoms with Gasteiger partial charge in [-0.1, -0.05) is 22.6 Å². The van der Waals surface area contributed by atoms with Gasteiger partial charge in [-0.2, -0.15) is 0 Å². The second-order valence-corrected chi connectivity index (χ2v) is 10.1. The van der Waals surface area contributed by atoms with Gasteiger partial charge in [0, 0.05) is 4.43 Å². The number of esters is 1. The lowest BCUT2D eigenvalue weighted by Crippen LogP contribution is -2.15. The van der Waals surface area contributed by atoms with Crippen LogP contribution in [-0.4, -0.2) is 189 Å². The first kappa shape index (κ1) is 45.7. The average molecular weight is 787 g/mol. The van der Waals surface area contributed by atoms with Gasteiger partial charge in [0.25, 0.3) is 0 Å². The Balaban J connectivity index is 3.05. The van der Waals surface area contributed by atoms with Gasteiger partial charge in [-0.15, -0.1) is 0 Å². The second-order valence-electron chi connectivity index (χ2n) is 8.98. The van der Waals surface area contributed by atoms with Crippen LogP contribution in [0.2, 0.25) is 0 Å². The van der Waals surface area contributed by atoms with Crippen molar-refractivity contribution in [1.29, 1.82) is 0 Å². The summed E-state index contributed by atoms with van der Waals surface area (Å²) in [5.41, 5.74) is 0. The maximum Gasteiger partial charge on any atom is 0.307 e. The summed E-state index contributed by atoms with van der Waals surface area (Å²) in [5, 5.41) is 0. The van der Waals surface area contributed by atoms with Gasteiger partial charge < -0.3 is 66.3 Å². The van der Waals surface area contributed by atoms with Crippen LogP contribution in [0.5, 0.6) is 0 Å². The number of carbonyl (C=O) groups is 1. The van der Waals surface area contributed by atoms with Crippen molar-refractivity contribution in [2.75, 3.05) is 183 Å². The number of hydrogen-bond acceptors (Lipinski definition) is 15. The summed E-state index contributed by atoms with van der Waals surface area (Å²) in [7, 11) is 1.35. The van der Waals surface area contributed by atoms with E-state index >= 15 is 0 Å². The van der Waals surface area contributed by atoms with Crippen molar-refractivity contribution < 1.29 is 71.1 Å². The molecule has 16 heteroatoms. The number of halogens is 1. The lowest BCUT2D eigenvalue weighted by molar-refractivity contribution is -0.141. The van der Waals surface area contributed by atoms with Crippen LogP contribution in [0.1, 0.15) is 6.42 Å². The highest BCUT2D eigenvalue weighted by Crippen LogP contribution is 1.89. The summed E-state index contributed by atoms with van der Waals surface area (Å²) in [6.45, 7) is 13.3. The third-order valence-corrected chi connectivity index (χ3v) is 5.80. The smallest absolute Gasteiger partial charge is 0.307 e. The number of methoxy groups -OCH3 is 1. The summed E-state index contributed by atoms with van der Waals surface area (Å²) in [4.78, 5) is 10.9. The van der Waals surface area contributed by atoms with Crippen molar-refractivity contribution in [3.63, 3.8) is 0 Å². The van der Waals surface area contributed by atoms with E-state index < -0.39 is 0 Å². The molecule has 46 heavy (non-hydrogen) atoms. The topological polar surface area (TPSA) is 146 Å². The van der Waals surface area contributed by atoms with Crippen molar-refractivity contribution in [2.45, 2.75) is 6.42 Å². The molecule has 0 aromatic heterocycles. The molecule has 0 aliphatic rings. The lowest BCUT2D eigenvalue weighted by atomic mass is 10.5. The third-order valence-electron chi connectivity index (χ3n) is 5.36. The van der Waals surface area contributed by atoms with E-state index in [9.17, 15) is 4.79 Å². The summed E-state index contributed by atoms with van der Waals surface area (Å²) < 4.78 is 76.0. The molecule has 0 fully saturated rings. The van der Waals surface area contributed by atoms with E-state index in [2.05, 4.69) is 27.3 Å². The fourth-order valence-electron chi connectivity index (χ4n) is 3.05. The Morgan fingerprint density at radius 1 is 0.326 bits per heavy atom. The first-order chi connectivity index (χ1) is 22.8. The van der Waals surface area contributed by atoms with Gasteiger partial charge in [0.15, 0.2) is 0 Å². The molecule has 0 aliphatic heterocycles. The molecular weight excluding hydrogens is 727 g/mol. The molecule has 0 amide bonds. The highest BCUT2D eigenvalue weighted by atomic mass is 127. The molecule has 0 atom stereocenters. The fourth-order valence-corrected chi connectivity index (χ4v) is 3.36. The molecule has 276 valence electrons. The van der Waals surface area contributed by atoms with Crippen LogP contribution in [-0.2, 0) is 71.1 Å². The molecule has 0 aromatic carbocycles. The molecule has 0 saturated carbocycles. The molecule has 0 rings (SSSR count). The minimum absolute atomic E-state index is 0.244. The van der Waals surface area contributed by atoms with Crippen molar-refractivity contribution in [3.8, 4) is 0 Å². The SMILES string of the molecule is COC(=O)CCOCCOCCOCCOCCOCCOCCOCCOCCOCCOCCOCCOCCOCCI. The highest BCUT2D eigenvalue weighted by Gasteiger charge is 1.99. The number of alkyl halides is 1. The number of hydrogen-bond donors (Lipinski definition) is 0. The Bertz CT molecular complexity index is 580. The van der Waals surface area contributed by atoms with Crippen LogP contribution >= 0.6 is 22.6 Å². The molecule has 0 aliphatic carbocycles. The van der Waals surface area contributed by atoms with Gasteiger partial charge in [-0.05, 0) is 0 Å². The molecule has 0 aromatic rings. The van der Waals surface area contributed by atoms with Gasteiger partial charge in [0.1, 0.15) is 0 Å². The fraction of sp³-hybridized carbons (Fsp3) is 0.967. The highest BCUT2D eigenvalue weighted by molar-refractivity contribution is 14.1. The first-order valence-electron chi connectivity index (χ1n) is 15.9. The molecule has 0 N–H and O–H groups in total. The number of rotatable bonds is 41. The van der Waals surface area contributed by atoms with Gasteiger partial charge >= 0.3 is 5.97 Å². The van der Waals surface area contributed by atoms with E-state index in [1.807, 2.05) is 0 Å². The van der Waals surface area contributed by atoms with Gasteiger partial charge in [0.2, 0.25) is 0 Å². The molecule has 0 heterocycles. The minimum Gasteiger partial charge on any atom is -0.469 e. The van der Waals surface area contributed by atoms with Crippen molar-refractivity contribution in [3.05, 3.63) is 0 Å². The van der Waals surface area contributed by atoms with Crippen LogP contribution in [0, 0.1) is 0 Å². The zero-order valence-corrected chi connectivity index (χ0v) is 30.0. The van der Waals surface area contributed by atoms with Crippen LogP contribution < -0.4 is 0 Å². The molecule has 0 bridgehead atoms. The van der Waals surface area contributed by atoms with E-state index in [1.54, 1.807) is 0 Å². The summed E-state index contributed by atoms with van der Waals surface area (Å²) in [6.07, 6.45) is 0.244. The van der Waals surface area contributed by atoms with Crippen LogP contribution in [0.15, 0.2) is 0 Å². The van der Waals surface area contributed by atoms with Crippen molar-refractivity contribution in [1.82, 2.24) is 0 Å². The zero-order chi connectivity index (χ0) is 33.3. The van der Waals surface area contributed by atoms with Crippen LogP contribution in [0.4, 0.5) is 0 Å². The lowest BCUT2D eigenvalue weighted by Gasteiger charge is -2.09. The van der Waals surface area contributed by atoms with E-state index in [0.717, 1.165) is 11.0 Å². The molecular formula is C30H59IO15. The standard InChI is InChI=1S/C30H59IO15/c1-33-30(32)2-4-34-6-8-36-10-12-38-14-16-40-18-20-42-22-24-44-26-28-46-29-27-45-25-23-43-21-19-41-17-15-39-13-11-37-9-7-35-5-3-31/h2-29H2,1H3. The number of ether oxygens (including phenoxy) is 14. The first-order valence-corrected chi connectivity index (χ1v) is 17.5. The Morgan fingerprint density at radius 3 is 0.674 bits per heavy atom. The van der Waals surface area contributed by atoms with E-state index in [1.165, 1.54) is 7.11 Å². The van der Waals surface area contributed by atoms with Gasteiger partial charge in [0.05, 0.1) is 185 Å². The maximum absolute atomic E-state index is 10.9. The van der Waals surface area contributed by atoms with Crippen LogP contribution in [0.25, 0.3) is 0 Å². The number of carbonyl (C=O) groups excluding carboxylic acids is 1. The zero-order valence-electron chi connectivity index (χ0n) is 27.8. The molecule has 0 spiro atoms. The van der Waals surface area contributed by atoms with Crippen molar-refractivity contribution in [2.24, 2.45) is 0 Å². The maximum atomic E-state index is 10.9. The molecule has 0 radical (unpaired) electrons. The minimum atomic E-state index is -0.286. The largest absolute Gasteiger partial charge is 0.469 e. The molecule has 0 saturated heterocycles. The van der Waals surface area contributed by atoms with E-state index in [0.29, 0.717) is 165 Å². The predicted molar refractivity (Wildman–Crippen MR) is 176 cm³/mol. The normalized spacial score (nSPS) is 11.4. The van der Waals surface area contributed by atoms with Gasteiger partial charge in [-0.25, -0.2) is 0 Å². The molecule has 0 unspecified atom stereocenters. The third kappa shape index (κ3) is 41.7. The average Bonchev–Trinajstić information content (AvgIpc) is 3.07. The summed E-state index contributed by atoms with van der Waals surface area (Å²) in [5.74, 6) is -0.286. The Hall–Kier alpha value is -0.320. The Labute approximate surface area is 288 Å². The van der Waals surface area contributed by atoms with Crippen molar-refractivity contribution >= 4 is 28.6 Å². The quantitative estimate of drug-likeness (QED) is 0.0379. The summed E-state index contributed by atoms with van der Waals surface area (Å²) in [6, 6.07) is 0.